The zero-order valence-electron chi connectivity index (χ0n) is 7.06. The predicted octanol–water partition coefficient (Wildman–Crippen LogP) is 1.17. The first-order chi connectivity index (χ1) is 4.46. The van der Waals surface area contributed by atoms with E-state index in [2.05, 4.69) is 19.2 Å². The van der Waals surface area contributed by atoms with Crippen LogP contribution in [0, 0.1) is 11.3 Å². The van der Waals surface area contributed by atoms with E-state index < -0.39 is 0 Å². The maximum Gasteiger partial charge on any atom is 0.226 e. The first-order valence-corrected chi connectivity index (χ1v) is 3.77. The van der Waals surface area contributed by atoms with Gasteiger partial charge in [-0.3, -0.25) is 4.79 Å². The Bertz CT molecular complexity index is 163. The Hall–Kier alpha value is -0.530. The van der Waals surface area contributed by atoms with E-state index in [1.807, 2.05) is 13.8 Å². The molecule has 10 heavy (non-hydrogen) atoms. The second-order valence-corrected chi connectivity index (χ2v) is 3.77. The van der Waals surface area contributed by atoms with Gasteiger partial charge < -0.3 is 5.32 Å². The van der Waals surface area contributed by atoms with Crippen LogP contribution in [0.25, 0.3) is 0 Å². The monoisotopic (exact) mass is 141 g/mol. The van der Waals surface area contributed by atoms with Gasteiger partial charge in [0.05, 0.1) is 0 Å². The molecule has 1 saturated heterocycles. The highest BCUT2D eigenvalue weighted by atomic mass is 16.2. The standard InChI is InChI=1S/C8H15NO/c1-5-6(2)9-7(10)8(5,3)4/h5-6H,1-4H3,(H,9,10). The molecular formula is C8H15NO. The van der Waals surface area contributed by atoms with Gasteiger partial charge in [-0.2, -0.15) is 0 Å². The maximum absolute atomic E-state index is 11.2. The van der Waals surface area contributed by atoms with Gasteiger partial charge in [-0.15, -0.1) is 0 Å². The fourth-order valence-corrected chi connectivity index (χ4v) is 1.35. The first-order valence-electron chi connectivity index (χ1n) is 3.77. The molecule has 0 radical (unpaired) electrons. The molecule has 1 aliphatic rings. The minimum Gasteiger partial charge on any atom is -0.353 e. The second-order valence-electron chi connectivity index (χ2n) is 3.77. The van der Waals surface area contributed by atoms with Crippen molar-refractivity contribution in [3.63, 3.8) is 0 Å². The summed E-state index contributed by atoms with van der Waals surface area (Å²) in [6.45, 7) is 8.16. The highest BCUT2D eigenvalue weighted by Crippen LogP contribution is 2.34. The molecule has 1 fully saturated rings. The van der Waals surface area contributed by atoms with Crippen molar-refractivity contribution in [1.29, 1.82) is 0 Å². The minimum atomic E-state index is -0.167. The Labute approximate surface area is 62.0 Å². The van der Waals surface area contributed by atoms with Crippen molar-refractivity contribution in [3.8, 4) is 0 Å². The number of hydrogen-bond acceptors (Lipinski definition) is 1. The van der Waals surface area contributed by atoms with Crippen LogP contribution in [0.15, 0.2) is 0 Å². The van der Waals surface area contributed by atoms with Crippen LogP contribution < -0.4 is 5.32 Å². The van der Waals surface area contributed by atoms with Crippen molar-refractivity contribution in [2.75, 3.05) is 0 Å². The lowest BCUT2D eigenvalue weighted by atomic mass is 9.80. The Morgan fingerprint density at radius 3 is 2.00 bits per heavy atom. The summed E-state index contributed by atoms with van der Waals surface area (Å²) >= 11 is 0. The average Bonchev–Trinajstić information content (AvgIpc) is 1.97. The van der Waals surface area contributed by atoms with E-state index >= 15 is 0 Å². The molecule has 0 aromatic carbocycles. The summed E-state index contributed by atoms with van der Waals surface area (Å²) in [7, 11) is 0. The highest BCUT2D eigenvalue weighted by Gasteiger charge is 2.43. The van der Waals surface area contributed by atoms with Gasteiger partial charge in [-0.05, 0) is 12.8 Å². The zero-order valence-corrected chi connectivity index (χ0v) is 7.06. The molecule has 1 rings (SSSR count). The summed E-state index contributed by atoms with van der Waals surface area (Å²) in [5.41, 5.74) is -0.167. The molecule has 0 aliphatic carbocycles. The van der Waals surface area contributed by atoms with Crippen LogP contribution in [-0.2, 0) is 4.79 Å². The summed E-state index contributed by atoms with van der Waals surface area (Å²) in [6, 6.07) is 0.336. The van der Waals surface area contributed by atoms with Crippen LogP contribution in [0.1, 0.15) is 27.7 Å². The average molecular weight is 141 g/mol. The SMILES string of the molecule is CC1NC(=O)C(C)(C)C1C. The molecule has 1 heterocycles. The summed E-state index contributed by atoms with van der Waals surface area (Å²) < 4.78 is 0. The van der Waals surface area contributed by atoms with Crippen molar-refractivity contribution >= 4 is 5.91 Å². The number of carbonyl (C=O) groups is 1. The molecule has 0 saturated carbocycles. The van der Waals surface area contributed by atoms with Crippen LogP contribution in [0.5, 0.6) is 0 Å². The van der Waals surface area contributed by atoms with Crippen LogP contribution in [-0.4, -0.2) is 11.9 Å². The largest absolute Gasteiger partial charge is 0.353 e. The maximum atomic E-state index is 11.2. The van der Waals surface area contributed by atoms with Gasteiger partial charge in [0.15, 0.2) is 0 Å². The molecule has 1 N–H and O–H groups in total. The highest BCUT2D eigenvalue weighted by molar-refractivity contribution is 5.84. The predicted molar refractivity (Wildman–Crippen MR) is 40.5 cm³/mol. The minimum absolute atomic E-state index is 0.167. The van der Waals surface area contributed by atoms with Gasteiger partial charge in [0.25, 0.3) is 0 Å². The lowest BCUT2D eigenvalue weighted by molar-refractivity contribution is -0.126. The summed E-state index contributed by atoms with van der Waals surface area (Å²) in [6.07, 6.45) is 0. The van der Waals surface area contributed by atoms with Gasteiger partial charge in [0.1, 0.15) is 0 Å². The molecule has 0 aromatic rings. The van der Waals surface area contributed by atoms with Gasteiger partial charge in [-0.25, -0.2) is 0 Å². The van der Waals surface area contributed by atoms with Crippen molar-refractivity contribution in [1.82, 2.24) is 5.32 Å². The van der Waals surface area contributed by atoms with E-state index in [1.54, 1.807) is 0 Å². The molecule has 2 atom stereocenters. The van der Waals surface area contributed by atoms with Crippen LogP contribution in [0.4, 0.5) is 0 Å². The molecule has 58 valence electrons. The summed E-state index contributed by atoms with van der Waals surface area (Å²) in [5.74, 6) is 0.632. The third-order valence-corrected chi connectivity index (χ3v) is 2.83. The number of nitrogens with one attached hydrogen (secondary N) is 1. The molecule has 0 spiro atoms. The lowest BCUT2D eigenvalue weighted by Gasteiger charge is -2.20. The smallest absolute Gasteiger partial charge is 0.226 e. The molecule has 2 unspecified atom stereocenters. The third-order valence-electron chi connectivity index (χ3n) is 2.83. The molecule has 1 amide bonds. The van der Waals surface area contributed by atoms with Crippen molar-refractivity contribution in [2.45, 2.75) is 33.7 Å². The molecular weight excluding hydrogens is 126 g/mol. The Kier molecular flexibility index (Phi) is 1.50. The topological polar surface area (TPSA) is 29.1 Å². The van der Waals surface area contributed by atoms with E-state index in [1.165, 1.54) is 0 Å². The van der Waals surface area contributed by atoms with Gasteiger partial charge >= 0.3 is 0 Å². The van der Waals surface area contributed by atoms with Crippen molar-refractivity contribution in [3.05, 3.63) is 0 Å². The molecule has 2 heteroatoms. The third kappa shape index (κ3) is 0.825. The summed E-state index contributed by atoms with van der Waals surface area (Å²) in [4.78, 5) is 11.2. The van der Waals surface area contributed by atoms with E-state index in [0.717, 1.165) is 0 Å². The van der Waals surface area contributed by atoms with Crippen molar-refractivity contribution in [2.24, 2.45) is 11.3 Å². The van der Waals surface area contributed by atoms with Crippen LogP contribution in [0.2, 0.25) is 0 Å². The van der Waals surface area contributed by atoms with E-state index in [-0.39, 0.29) is 11.3 Å². The van der Waals surface area contributed by atoms with Gasteiger partial charge in [-0.1, -0.05) is 20.8 Å². The van der Waals surface area contributed by atoms with E-state index in [4.69, 9.17) is 0 Å². The van der Waals surface area contributed by atoms with Gasteiger partial charge in [0.2, 0.25) is 5.91 Å². The number of amides is 1. The quantitative estimate of drug-likeness (QED) is 0.539. The summed E-state index contributed by atoms with van der Waals surface area (Å²) in [5, 5.41) is 2.92. The first kappa shape index (κ1) is 7.58. The van der Waals surface area contributed by atoms with Gasteiger partial charge in [0, 0.05) is 11.5 Å². The molecule has 0 bridgehead atoms. The number of rotatable bonds is 0. The number of hydrogen-bond donors (Lipinski definition) is 1. The van der Waals surface area contributed by atoms with E-state index in [0.29, 0.717) is 12.0 Å². The van der Waals surface area contributed by atoms with E-state index in [9.17, 15) is 4.79 Å². The fraction of sp³-hybridized carbons (Fsp3) is 0.875. The number of carbonyl (C=O) groups excluding carboxylic acids is 1. The zero-order chi connectivity index (χ0) is 7.94. The fourth-order valence-electron chi connectivity index (χ4n) is 1.35. The Morgan fingerprint density at radius 2 is 1.90 bits per heavy atom. The molecule has 1 aliphatic heterocycles. The molecule has 2 nitrogen and oxygen atoms in total. The molecule has 0 aromatic heterocycles. The van der Waals surface area contributed by atoms with Crippen LogP contribution in [0.3, 0.4) is 0 Å². The normalized spacial score (nSPS) is 37.8. The Balaban J connectivity index is 2.85. The van der Waals surface area contributed by atoms with Crippen LogP contribution >= 0.6 is 0 Å². The lowest BCUT2D eigenvalue weighted by Crippen LogP contribution is -2.27. The second kappa shape index (κ2) is 1.97. The van der Waals surface area contributed by atoms with Crippen molar-refractivity contribution < 1.29 is 4.79 Å². The Morgan fingerprint density at radius 1 is 1.40 bits per heavy atom.